The van der Waals surface area contributed by atoms with E-state index in [9.17, 15) is 0 Å². The maximum Gasteiger partial charge on any atom is 0.0672 e. The van der Waals surface area contributed by atoms with E-state index in [2.05, 4.69) is 0 Å². The molecule has 13 heavy (non-hydrogen) atoms. The molecule has 0 fully saturated rings. The first kappa shape index (κ1) is 9.25. The molecule has 0 N–H and O–H groups in total. The molecule has 68 valence electrons. The Bertz CT molecular complexity index is 450. The second-order valence-electron chi connectivity index (χ2n) is 2.65. The van der Waals surface area contributed by atoms with Crippen molar-refractivity contribution in [2.45, 2.75) is 0 Å². The van der Waals surface area contributed by atoms with Crippen molar-refractivity contribution in [3.8, 4) is 0 Å². The van der Waals surface area contributed by atoms with Crippen LogP contribution in [0, 0.1) is 0 Å². The van der Waals surface area contributed by atoms with Gasteiger partial charge in [-0.15, -0.1) is 0 Å². The van der Waals surface area contributed by atoms with E-state index in [1.807, 2.05) is 34.6 Å². The molecule has 0 unspecified atom stereocenters. The number of nitrogens with zero attached hydrogens (tertiary/aromatic N) is 1. The van der Waals surface area contributed by atoms with Crippen molar-refractivity contribution in [1.29, 1.82) is 0 Å². The molecule has 2 aromatic rings. The Labute approximate surface area is 90.8 Å². The van der Waals surface area contributed by atoms with Crippen LogP contribution in [0.15, 0.2) is 24.4 Å². The van der Waals surface area contributed by atoms with Gasteiger partial charge in [-0.05, 0) is 30.1 Å². The minimum absolute atomic E-state index is 0.716. The molecular formula is C9H7Cl2NS. The summed E-state index contributed by atoms with van der Waals surface area (Å²) in [5, 5.41) is 2.46. The van der Waals surface area contributed by atoms with Gasteiger partial charge in [-0.1, -0.05) is 23.2 Å². The van der Waals surface area contributed by atoms with Gasteiger partial charge >= 0.3 is 0 Å². The number of fused-ring (bicyclic) bond motifs is 1. The fraction of sp³-hybridized carbons (Fsp3) is 0.111. The Kier molecular flexibility index (Phi) is 2.45. The highest BCUT2D eigenvalue weighted by atomic mass is 35.5. The van der Waals surface area contributed by atoms with Crippen LogP contribution in [0.2, 0.25) is 10.0 Å². The summed E-state index contributed by atoms with van der Waals surface area (Å²) in [5.74, 6) is 0. The van der Waals surface area contributed by atoms with Gasteiger partial charge in [0.2, 0.25) is 0 Å². The van der Waals surface area contributed by atoms with Crippen molar-refractivity contribution in [2.24, 2.45) is 0 Å². The number of hydrogen-bond donors (Lipinski definition) is 0. The Morgan fingerprint density at radius 2 is 2.08 bits per heavy atom. The molecule has 0 atom stereocenters. The third-order valence-corrected chi connectivity index (χ3v) is 3.11. The normalized spacial score (nSPS) is 11.0. The summed E-state index contributed by atoms with van der Waals surface area (Å²) in [5.41, 5.74) is 1.10. The summed E-state index contributed by atoms with van der Waals surface area (Å²) < 4.78 is 2.02. The fourth-order valence-electron chi connectivity index (χ4n) is 1.28. The van der Waals surface area contributed by atoms with E-state index in [-0.39, 0.29) is 0 Å². The molecular weight excluding hydrogens is 225 g/mol. The second-order valence-corrected chi connectivity index (χ2v) is 4.25. The van der Waals surface area contributed by atoms with Gasteiger partial charge in [-0.25, -0.2) is 0 Å². The molecule has 1 nitrogen and oxygen atoms in total. The predicted molar refractivity (Wildman–Crippen MR) is 60.9 cm³/mol. The molecule has 2 rings (SSSR count). The van der Waals surface area contributed by atoms with Gasteiger partial charge in [0.15, 0.2) is 0 Å². The van der Waals surface area contributed by atoms with Gasteiger partial charge in [0.1, 0.15) is 0 Å². The summed E-state index contributed by atoms with van der Waals surface area (Å²) in [6.45, 7) is 0. The smallest absolute Gasteiger partial charge is 0.0672 e. The minimum atomic E-state index is 0.716. The lowest BCUT2D eigenvalue weighted by Gasteiger charge is -1.97. The van der Waals surface area contributed by atoms with Gasteiger partial charge in [0.25, 0.3) is 0 Å². The van der Waals surface area contributed by atoms with E-state index in [4.69, 9.17) is 23.2 Å². The monoisotopic (exact) mass is 231 g/mol. The number of hydrogen-bond acceptors (Lipinski definition) is 1. The van der Waals surface area contributed by atoms with Crippen LogP contribution in [0.1, 0.15) is 0 Å². The highest BCUT2D eigenvalue weighted by Crippen LogP contribution is 2.30. The van der Waals surface area contributed by atoms with E-state index in [1.54, 1.807) is 11.9 Å². The first-order valence-electron chi connectivity index (χ1n) is 3.73. The molecule has 0 radical (unpaired) electrons. The Morgan fingerprint density at radius 1 is 1.31 bits per heavy atom. The molecule has 0 aliphatic rings. The van der Waals surface area contributed by atoms with Crippen LogP contribution in [0.25, 0.3) is 10.9 Å². The highest BCUT2D eigenvalue weighted by Gasteiger charge is 2.05. The van der Waals surface area contributed by atoms with Crippen molar-refractivity contribution in [3.05, 3.63) is 34.4 Å². The largest absolute Gasteiger partial charge is 0.290 e. The van der Waals surface area contributed by atoms with Gasteiger partial charge in [0.05, 0.1) is 10.5 Å². The van der Waals surface area contributed by atoms with Crippen LogP contribution in [0.5, 0.6) is 0 Å². The van der Waals surface area contributed by atoms with Crippen molar-refractivity contribution >= 4 is 46.1 Å². The van der Waals surface area contributed by atoms with Crippen LogP contribution < -0.4 is 0 Å². The fourth-order valence-corrected chi connectivity index (χ4v) is 2.33. The van der Waals surface area contributed by atoms with Gasteiger partial charge < -0.3 is 0 Å². The first-order valence-corrected chi connectivity index (χ1v) is 5.66. The molecule has 1 heterocycles. The first-order chi connectivity index (χ1) is 6.22. The van der Waals surface area contributed by atoms with Gasteiger partial charge in [-0.2, -0.15) is 0 Å². The maximum atomic E-state index is 6.04. The second kappa shape index (κ2) is 3.45. The average molecular weight is 232 g/mol. The summed E-state index contributed by atoms with van der Waals surface area (Å²) in [7, 11) is 0. The number of halogens is 2. The van der Waals surface area contributed by atoms with Crippen LogP contribution in [-0.2, 0) is 0 Å². The van der Waals surface area contributed by atoms with E-state index in [0.29, 0.717) is 5.02 Å². The standard InChI is InChI=1S/C9H7Cl2NS/c1-13-12-5-8(11)7-4-6(10)2-3-9(7)12/h2-5H,1H3. The quantitative estimate of drug-likeness (QED) is 0.717. The van der Waals surface area contributed by atoms with E-state index < -0.39 is 0 Å². The van der Waals surface area contributed by atoms with Crippen molar-refractivity contribution in [1.82, 2.24) is 3.97 Å². The minimum Gasteiger partial charge on any atom is -0.290 e. The Balaban J connectivity index is 2.80. The van der Waals surface area contributed by atoms with E-state index in [0.717, 1.165) is 15.9 Å². The molecule has 0 saturated heterocycles. The summed E-state index contributed by atoms with van der Waals surface area (Å²) in [6, 6.07) is 5.72. The van der Waals surface area contributed by atoms with Gasteiger partial charge in [-0.3, -0.25) is 3.97 Å². The average Bonchev–Trinajstić information content (AvgIpc) is 2.43. The van der Waals surface area contributed by atoms with Crippen molar-refractivity contribution < 1.29 is 0 Å². The topological polar surface area (TPSA) is 4.93 Å². The van der Waals surface area contributed by atoms with E-state index in [1.165, 1.54) is 0 Å². The third-order valence-electron chi connectivity index (χ3n) is 1.88. The number of rotatable bonds is 1. The number of benzene rings is 1. The lowest BCUT2D eigenvalue weighted by molar-refractivity contribution is 1.35. The van der Waals surface area contributed by atoms with Crippen LogP contribution >= 0.6 is 35.1 Å². The van der Waals surface area contributed by atoms with Crippen LogP contribution in [0.3, 0.4) is 0 Å². The molecule has 0 saturated carbocycles. The molecule has 0 spiro atoms. The zero-order valence-corrected chi connectivity index (χ0v) is 9.25. The molecule has 1 aromatic heterocycles. The van der Waals surface area contributed by atoms with Gasteiger partial charge in [0, 0.05) is 22.9 Å². The molecule has 4 heteroatoms. The lowest BCUT2D eigenvalue weighted by atomic mass is 10.2. The molecule has 0 aliphatic heterocycles. The van der Waals surface area contributed by atoms with Crippen LogP contribution in [-0.4, -0.2) is 10.2 Å². The summed E-state index contributed by atoms with van der Waals surface area (Å²) in [6.07, 6.45) is 3.90. The number of aromatic nitrogens is 1. The van der Waals surface area contributed by atoms with Crippen molar-refractivity contribution in [3.63, 3.8) is 0 Å². The zero-order chi connectivity index (χ0) is 9.42. The molecule has 0 aliphatic carbocycles. The highest BCUT2D eigenvalue weighted by molar-refractivity contribution is 7.97. The predicted octanol–water partition coefficient (Wildman–Crippen LogP) is 4.07. The Morgan fingerprint density at radius 3 is 2.77 bits per heavy atom. The zero-order valence-electron chi connectivity index (χ0n) is 6.92. The van der Waals surface area contributed by atoms with Crippen LogP contribution in [0.4, 0.5) is 0 Å². The lowest BCUT2D eigenvalue weighted by Crippen LogP contribution is -1.79. The van der Waals surface area contributed by atoms with Crippen molar-refractivity contribution in [2.75, 3.05) is 6.26 Å². The third kappa shape index (κ3) is 1.54. The SMILES string of the molecule is CSn1cc(Cl)c2cc(Cl)ccc21. The maximum absolute atomic E-state index is 6.04. The Hall–Kier alpha value is -0.310. The molecule has 0 amide bonds. The molecule has 1 aromatic carbocycles. The molecule has 0 bridgehead atoms. The summed E-state index contributed by atoms with van der Waals surface area (Å²) >= 11 is 13.5. The summed E-state index contributed by atoms with van der Waals surface area (Å²) in [4.78, 5) is 0. The van der Waals surface area contributed by atoms with E-state index >= 15 is 0 Å².